The normalized spacial score (nSPS) is 10.4. The molecule has 2 aromatic rings. The SMILES string of the molecule is COCCc1ccc(Oc2ccc(N)c(N)n2)cc1. The van der Waals surface area contributed by atoms with Crippen LogP contribution in [0.1, 0.15) is 5.56 Å². The monoisotopic (exact) mass is 259 g/mol. The smallest absolute Gasteiger partial charge is 0.221 e. The summed E-state index contributed by atoms with van der Waals surface area (Å²) < 4.78 is 10.6. The maximum atomic E-state index is 5.62. The number of anilines is 2. The van der Waals surface area contributed by atoms with E-state index in [2.05, 4.69) is 4.98 Å². The lowest BCUT2D eigenvalue weighted by atomic mass is 10.1. The van der Waals surface area contributed by atoms with Crippen LogP contribution in [0.25, 0.3) is 0 Å². The van der Waals surface area contributed by atoms with Crippen LogP contribution in [0.15, 0.2) is 36.4 Å². The predicted molar refractivity (Wildman–Crippen MR) is 75.2 cm³/mol. The maximum Gasteiger partial charge on any atom is 0.221 e. The summed E-state index contributed by atoms with van der Waals surface area (Å²) in [5.41, 5.74) is 12.9. The molecular formula is C14H17N3O2. The van der Waals surface area contributed by atoms with Crippen molar-refractivity contribution in [2.45, 2.75) is 6.42 Å². The molecule has 2 rings (SSSR count). The molecule has 0 aliphatic heterocycles. The standard InChI is InChI=1S/C14H17N3O2/c1-18-9-8-10-2-4-11(5-3-10)19-13-7-6-12(15)14(16)17-13/h2-7H,8-9,15H2,1H3,(H2,16,17). The molecule has 0 unspecified atom stereocenters. The zero-order valence-electron chi connectivity index (χ0n) is 10.8. The second-order valence-electron chi connectivity index (χ2n) is 4.11. The van der Waals surface area contributed by atoms with Crippen LogP contribution in [0, 0.1) is 0 Å². The van der Waals surface area contributed by atoms with Gasteiger partial charge < -0.3 is 20.9 Å². The van der Waals surface area contributed by atoms with Gasteiger partial charge in [-0.1, -0.05) is 12.1 Å². The van der Waals surface area contributed by atoms with E-state index in [0.717, 1.165) is 6.42 Å². The molecule has 5 heteroatoms. The lowest BCUT2D eigenvalue weighted by molar-refractivity contribution is 0.202. The molecule has 1 aromatic heterocycles. The van der Waals surface area contributed by atoms with Crippen LogP contribution in [0.5, 0.6) is 11.6 Å². The molecule has 0 amide bonds. The lowest BCUT2D eigenvalue weighted by Gasteiger charge is -2.07. The lowest BCUT2D eigenvalue weighted by Crippen LogP contribution is -1.99. The van der Waals surface area contributed by atoms with E-state index in [1.54, 1.807) is 19.2 Å². The highest BCUT2D eigenvalue weighted by Gasteiger charge is 2.02. The minimum Gasteiger partial charge on any atom is -0.439 e. The Hall–Kier alpha value is -2.27. The molecule has 19 heavy (non-hydrogen) atoms. The van der Waals surface area contributed by atoms with Crippen LogP contribution in [0.4, 0.5) is 11.5 Å². The van der Waals surface area contributed by atoms with Gasteiger partial charge in [0.1, 0.15) is 5.75 Å². The number of benzene rings is 1. The van der Waals surface area contributed by atoms with Crippen LogP contribution < -0.4 is 16.2 Å². The van der Waals surface area contributed by atoms with Gasteiger partial charge in [-0.2, -0.15) is 4.98 Å². The molecule has 1 heterocycles. The van der Waals surface area contributed by atoms with Gasteiger partial charge in [-0.3, -0.25) is 0 Å². The fourth-order valence-electron chi connectivity index (χ4n) is 1.59. The van der Waals surface area contributed by atoms with Crippen LogP contribution in [0.3, 0.4) is 0 Å². The van der Waals surface area contributed by atoms with Crippen molar-refractivity contribution in [2.75, 3.05) is 25.2 Å². The summed E-state index contributed by atoms with van der Waals surface area (Å²) in [5.74, 6) is 1.41. The first kappa shape index (κ1) is 13.2. The van der Waals surface area contributed by atoms with Gasteiger partial charge in [-0.15, -0.1) is 0 Å². The molecule has 0 spiro atoms. The van der Waals surface area contributed by atoms with Gasteiger partial charge in [0, 0.05) is 13.2 Å². The minimum absolute atomic E-state index is 0.272. The highest BCUT2D eigenvalue weighted by atomic mass is 16.5. The van der Waals surface area contributed by atoms with E-state index in [0.29, 0.717) is 23.9 Å². The van der Waals surface area contributed by atoms with Crippen molar-refractivity contribution in [3.05, 3.63) is 42.0 Å². The Morgan fingerprint density at radius 1 is 1.05 bits per heavy atom. The van der Waals surface area contributed by atoms with Crippen molar-refractivity contribution < 1.29 is 9.47 Å². The molecule has 0 atom stereocenters. The van der Waals surface area contributed by atoms with E-state index in [4.69, 9.17) is 20.9 Å². The first-order chi connectivity index (χ1) is 9.19. The number of hydrogen-bond acceptors (Lipinski definition) is 5. The molecule has 4 N–H and O–H groups in total. The van der Waals surface area contributed by atoms with E-state index < -0.39 is 0 Å². The maximum absolute atomic E-state index is 5.62. The summed E-state index contributed by atoms with van der Waals surface area (Å²) in [6.45, 7) is 0.705. The predicted octanol–water partition coefficient (Wildman–Crippen LogP) is 2.23. The summed E-state index contributed by atoms with van der Waals surface area (Å²) >= 11 is 0. The van der Waals surface area contributed by atoms with E-state index >= 15 is 0 Å². The second kappa shape index (κ2) is 6.06. The Bertz CT molecular complexity index is 541. The van der Waals surface area contributed by atoms with Crippen LogP contribution in [0.2, 0.25) is 0 Å². The van der Waals surface area contributed by atoms with Crippen LogP contribution >= 0.6 is 0 Å². The van der Waals surface area contributed by atoms with Crippen molar-refractivity contribution >= 4 is 11.5 Å². The molecule has 0 saturated heterocycles. The molecule has 0 aliphatic carbocycles. The van der Waals surface area contributed by atoms with E-state index in [1.165, 1.54) is 5.56 Å². The number of nitrogens with zero attached hydrogens (tertiary/aromatic N) is 1. The van der Waals surface area contributed by atoms with Crippen molar-refractivity contribution in [2.24, 2.45) is 0 Å². The third-order valence-corrected chi connectivity index (χ3v) is 2.67. The number of rotatable bonds is 5. The zero-order valence-corrected chi connectivity index (χ0v) is 10.8. The van der Waals surface area contributed by atoms with E-state index in [-0.39, 0.29) is 5.82 Å². The first-order valence-electron chi connectivity index (χ1n) is 5.97. The average molecular weight is 259 g/mol. The largest absolute Gasteiger partial charge is 0.439 e. The number of pyridine rings is 1. The molecule has 5 nitrogen and oxygen atoms in total. The van der Waals surface area contributed by atoms with Gasteiger partial charge in [-0.25, -0.2) is 0 Å². The van der Waals surface area contributed by atoms with Crippen LogP contribution in [-0.4, -0.2) is 18.7 Å². The van der Waals surface area contributed by atoms with Gasteiger partial charge in [0.25, 0.3) is 0 Å². The first-order valence-corrected chi connectivity index (χ1v) is 5.97. The zero-order chi connectivity index (χ0) is 13.7. The van der Waals surface area contributed by atoms with Crippen molar-refractivity contribution in [3.8, 4) is 11.6 Å². The number of ether oxygens (including phenoxy) is 2. The fraction of sp³-hybridized carbons (Fsp3) is 0.214. The summed E-state index contributed by atoms with van der Waals surface area (Å²) in [7, 11) is 1.69. The highest BCUT2D eigenvalue weighted by molar-refractivity contribution is 5.58. The average Bonchev–Trinajstić information content (AvgIpc) is 2.42. The Kier molecular flexibility index (Phi) is 4.20. The van der Waals surface area contributed by atoms with E-state index in [1.807, 2.05) is 24.3 Å². The topological polar surface area (TPSA) is 83.4 Å². The molecule has 100 valence electrons. The minimum atomic E-state index is 0.272. The molecule has 0 saturated carbocycles. The number of methoxy groups -OCH3 is 1. The molecule has 0 fully saturated rings. The molecule has 0 bridgehead atoms. The number of hydrogen-bond donors (Lipinski definition) is 2. The molecule has 1 aromatic carbocycles. The summed E-state index contributed by atoms with van der Waals surface area (Å²) in [6.07, 6.45) is 0.879. The number of nitrogen functional groups attached to an aromatic ring is 2. The van der Waals surface area contributed by atoms with Crippen LogP contribution in [-0.2, 0) is 11.2 Å². The summed E-state index contributed by atoms with van der Waals surface area (Å²) in [4.78, 5) is 4.05. The molecule has 0 aliphatic rings. The van der Waals surface area contributed by atoms with Gasteiger partial charge in [0.05, 0.1) is 12.3 Å². The third-order valence-electron chi connectivity index (χ3n) is 2.67. The van der Waals surface area contributed by atoms with Gasteiger partial charge >= 0.3 is 0 Å². The third kappa shape index (κ3) is 3.59. The Morgan fingerprint density at radius 3 is 2.42 bits per heavy atom. The highest BCUT2D eigenvalue weighted by Crippen LogP contribution is 2.23. The van der Waals surface area contributed by atoms with Gasteiger partial charge in [-0.05, 0) is 30.2 Å². The number of aromatic nitrogens is 1. The summed E-state index contributed by atoms with van der Waals surface area (Å²) in [5, 5.41) is 0. The van der Waals surface area contributed by atoms with Crippen molar-refractivity contribution in [1.29, 1.82) is 0 Å². The summed E-state index contributed by atoms with van der Waals surface area (Å²) in [6, 6.07) is 11.1. The Balaban J connectivity index is 2.04. The van der Waals surface area contributed by atoms with E-state index in [9.17, 15) is 0 Å². The number of nitrogens with two attached hydrogens (primary N) is 2. The molecular weight excluding hydrogens is 242 g/mol. The van der Waals surface area contributed by atoms with Crippen molar-refractivity contribution in [3.63, 3.8) is 0 Å². The second-order valence-corrected chi connectivity index (χ2v) is 4.11. The Labute approximate surface area is 112 Å². The molecule has 0 radical (unpaired) electrons. The Morgan fingerprint density at radius 2 is 1.79 bits per heavy atom. The fourth-order valence-corrected chi connectivity index (χ4v) is 1.59. The van der Waals surface area contributed by atoms with Gasteiger partial charge in [0.15, 0.2) is 5.82 Å². The van der Waals surface area contributed by atoms with Crippen molar-refractivity contribution in [1.82, 2.24) is 4.98 Å². The van der Waals surface area contributed by atoms with Gasteiger partial charge in [0.2, 0.25) is 5.88 Å². The quantitative estimate of drug-likeness (QED) is 0.860.